The van der Waals surface area contributed by atoms with Crippen molar-refractivity contribution in [1.82, 2.24) is 5.32 Å². The van der Waals surface area contributed by atoms with Gasteiger partial charge in [-0.3, -0.25) is 9.59 Å². The molecule has 0 radical (unpaired) electrons. The minimum absolute atomic E-state index is 0.155. The molecule has 0 aliphatic heterocycles. The zero-order chi connectivity index (χ0) is 21.4. The third-order valence-electron chi connectivity index (χ3n) is 3.54. The maximum absolute atomic E-state index is 12.4. The highest BCUT2D eigenvalue weighted by atomic mass is 19.4. The molecule has 0 fully saturated rings. The molecule has 154 valence electrons. The minimum atomic E-state index is -4.99. The Morgan fingerprint density at radius 2 is 1.66 bits per heavy atom. The quantitative estimate of drug-likeness (QED) is 0.560. The third-order valence-corrected chi connectivity index (χ3v) is 3.54. The fourth-order valence-corrected chi connectivity index (χ4v) is 2.18. The molecule has 0 saturated heterocycles. The zero-order valence-corrected chi connectivity index (χ0v) is 15.2. The van der Waals surface area contributed by atoms with Crippen LogP contribution in [0.3, 0.4) is 0 Å². The highest BCUT2D eigenvalue weighted by molar-refractivity contribution is 6.04. The Morgan fingerprint density at radius 1 is 1.00 bits per heavy atom. The van der Waals surface area contributed by atoms with Gasteiger partial charge < -0.3 is 20.1 Å². The molecule has 2 aromatic rings. The largest absolute Gasteiger partial charge is 0.513 e. The predicted octanol–water partition coefficient (Wildman–Crippen LogP) is 3.65. The molecule has 2 N–H and O–H groups in total. The summed E-state index contributed by atoms with van der Waals surface area (Å²) in [6.45, 7) is 1.37. The van der Waals surface area contributed by atoms with E-state index in [2.05, 4.69) is 10.1 Å². The van der Waals surface area contributed by atoms with Gasteiger partial charge in [0, 0.05) is 17.8 Å². The standard InChI is InChI=1S/C19H17F3N2O5/c1-2-28-18(27)29-14-9-7-12(8-10-14)16(25)24-15-6-4-3-5-13(15)11-23-17(26)19(20,21)22/h3-10H,2,11H2,1H3,(H,23,26)(H,24,25). The number of hydrogen-bond donors (Lipinski definition) is 2. The summed E-state index contributed by atoms with van der Waals surface area (Å²) in [5.41, 5.74) is 0.753. The van der Waals surface area contributed by atoms with E-state index in [9.17, 15) is 27.6 Å². The average Bonchev–Trinajstić information content (AvgIpc) is 2.67. The van der Waals surface area contributed by atoms with Crippen LogP contribution in [0.5, 0.6) is 5.75 Å². The van der Waals surface area contributed by atoms with Crippen molar-refractivity contribution in [1.29, 1.82) is 0 Å². The van der Waals surface area contributed by atoms with E-state index >= 15 is 0 Å². The van der Waals surface area contributed by atoms with E-state index in [1.807, 2.05) is 0 Å². The van der Waals surface area contributed by atoms with Crippen molar-refractivity contribution in [2.45, 2.75) is 19.6 Å². The number of halogens is 3. The lowest BCUT2D eigenvalue weighted by Crippen LogP contribution is -2.36. The van der Waals surface area contributed by atoms with E-state index in [1.54, 1.807) is 24.4 Å². The van der Waals surface area contributed by atoms with Crippen LogP contribution >= 0.6 is 0 Å². The second-order valence-corrected chi connectivity index (χ2v) is 5.60. The number of ether oxygens (including phenoxy) is 2. The molecule has 7 nitrogen and oxygen atoms in total. The van der Waals surface area contributed by atoms with Crippen LogP contribution in [-0.2, 0) is 16.1 Å². The molecule has 0 aromatic heterocycles. The highest BCUT2D eigenvalue weighted by Gasteiger charge is 2.38. The lowest BCUT2D eigenvalue weighted by atomic mass is 10.1. The molecule has 2 amide bonds. The van der Waals surface area contributed by atoms with E-state index in [-0.39, 0.29) is 23.6 Å². The van der Waals surface area contributed by atoms with Crippen molar-refractivity contribution in [2.24, 2.45) is 0 Å². The number of para-hydroxylation sites is 1. The first kappa shape index (κ1) is 21.7. The van der Waals surface area contributed by atoms with Gasteiger partial charge in [0.15, 0.2) is 0 Å². The van der Waals surface area contributed by atoms with Crippen LogP contribution in [0.4, 0.5) is 23.7 Å². The lowest BCUT2D eigenvalue weighted by molar-refractivity contribution is -0.173. The summed E-state index contributed by atoms with van der Waals surface area (Å²) in [5, 5.41) is 4.32. The molecule has 2 rings (SSSR count). The third kappa shape index (κ3) is 6.52. The summed E-state index contributed by atoms with van der Waals surface area (Å²) in [4.78, 5) is 34.6. The van der Waals surface area contributed by atoms with Gasteiger partial charge in [-0.2, -0.15) is 13.2 Å². The first-order valence-corrected chi connectivity index (χ1v) is 8.39. The lowest BCUT2D eigenvalue weighted by Gasteiger charge is -2.13. The number of amides is 2. The van der Waals surface area contributed by atoms with E-state index in [4.69, 9.17) is 4.74 Å². The van der Waals surface area contributed by atoms with Crippen molar-refractivity contribution in [3.63, 3.8) is 0 Å². The van der Waals surface area contributed by atoms with Crippen molar-refractivity contribution >= 4 is 23.7 Å². The average molecular weight is 410 g/mol. The molecule has 0 unspecified atom stereocenters. The van der Waals surface area contributed by atoms with Gasteiger partial charge >= 0.3 is 18.2 Å². The van der Waals surface area contributed by atoms with Crippen LogP contribution in [0.2, 0.25) is 0 Å². The summed E-state index contributed by atoms with van der Waals surface area (Å²) >= 11 is 0. The predicted molar refractivity (Wildman–Crippen MR) is 96.4 cm³/mol. The summed E-state index contributed by atoms with van der Waals surface area (Å²) < 4.78 is 46.5. The molecule has 29 heavy (non-hydrogen) atoms. The number of alkyl halides is 3. The molecule has 0 spiro atoms. The molecular formula is C19H17F3N2O5. The number of carbonyl (C=O) groups excluding carboxylic acids is 3. The Hall–Kier alpha value is -3.56. The van der Waals surface area contributed by atoms with E-state index in [0.29, 0.717) is 5.56 Å². The van der Waals surface area contributed by atoms with Crippen molar-refractivity contribution < 1.29 is 37.0 Å². The van der Waals surface area contributed by atoms with Crippen molar-refractivity contribution in [3.05, 3.63) is 59.7 Å². The molecule has 10 heteroatoms. The maximum atomic E-state index is 12.4. The normalized spacial score (nSPS) is 10.8. The molecule has 0 atom stereocenters. The maximum Gasteiger partial charge on any atom is 0.513 e. The van der Waals surface area contributed by atoms with Gasteiger partial charge in [0.25, 0.3) is 5.91 Å². The molecule has 0 saturated carbocycles. The monoisotopic (exact) mass is 410 g/mol. The Labute approximate surface area is 163 Å². The van der Waals surface area contributed by atoms with Gasteiger partial charge in [-0.1, -0.05) is 18.2 Å². The first-order chi connectivity index (χ1) is 13.7. The zero-order valence-electron chi connectivity index (χ0n) is 15.2. The van der Waals surface area contributed by atoms with Crippen LogP contribution in [0, 0.1) is 0 Å². The SMILES string of the molecule is CCOC(=O)Oc1ccc(C(=O)Nc2ccccc2CNC(=O)C(F)(F)F)cc1. The van der Waals surface area contributed by atoms with Gasteiger partial charge in [-0.15, -0.1) is 0 Å². The topological polar surface area (TPSA) is 93.7 Å². The van der Waals surface area contributed by atoms with Crippen LogP contribution in [0.15, 0.2) is 48.5 Å². The number of carbonyl (C=O) groups is 3. The van der Waals surface area contributed by atoms with Crippen LogP contribution in [0.1, 0.15) is 22.8 Å². The molecule has 0 aliphatic carbocycles. The molecular weight excluding hydrogens is 393 g/mol. The van der Waals surface area contributed by atoms with Crippen LogP contribution < -0.4 is 15.4 Å². The number of rotatable bonds is 6. The number of benzene rings is 2. The Morgan fingerprint density at radius 3 is 2.28 bits per heavy atom. The van der Waals surface area contributed by atoms with Crippen molar-refractivity contribution in [2.75, 3.05) is 11.9 Å². The second kappa shape index (κ2) is 9.58. The number of nitrogens with one attached hydrogen (secondary N) is 2. The summed E-state index contributed by atoms with van der Waals surface area (Å²) in [5.74, 6) is -2.44. The molecule has 0 aliphatic rings. The van der Waals surface area contributed by atoms with Crippen molar-refractivity contribution in [3.8, 4) is 5.75 Å². The molecule has 2 aromatic carbocycles. The molecule has 0 heterocycles. The number of anilines is 1. The van der Waals surface area contributed by atoms with Gasteiger partial charge in [-0.25, -0.2) is 4.79 Å². The highest BCUT2D eigenvalue weighted by Crippen LogP contribution is 2.19. The Kier molecular flexibility index (Phi) is 7.18. The first-order valence-electron chi connectivity index (χ1n) is 8.39. The smallest absolute Gasteiger partial charge is 0.434 e. The van der Waals surface area contributed by atoms with Gasteiger partial charge in [0.2, 0.25) is 0 Å². The summed E-state index contributed by atoms with van der Waals surface area (Å²) in [6.07, 6.45) is -5.87. The van der Waals surface area contributed by atoms with E-state index in [0.717, 1.165) is 0 Å². The van der Waals surface area contributed by atoms with Crippen LogP contribution in [0.25, 0.3) is 0 Å². The fourth-order valence-electron chi connectivity index (χ4n) is 2.18. The summed E-state index contributed by atoms with van der Waals surface area (Å²) in [7, 11) is 0. The number of hydrogen-bond acceptors (Lipinski definition) is 5. The van der Waals surface area contributed by atoms with E-state index in [1.165, 1.54) is 36.4 Å². The second-order valence-electron chi connectivity index (χ2n) is 5.60. The van der Waals surface area contributed by atoms with Gasteiger partial charge in [0.05, 0.1) is 6.61 Å². The molecule has 0 bridgehead atoms. The fraction of sp³-hybridized carbons (Fsp3) is 0.211. The Balaban J connectivity index is 2.03. The summed E-state index contributed by atoms with van der Waals surface area (Å²) in [6, 6.07) is 11.7. The van der Waals surface area contributed by atoms with Gasteiger partial charge in [-0.05, 0) is 42.8 Å². The van der Waals surface area contributed by atoms with Crippen LogP contribution in [-0.4, -0.2) is 30.8 Å². The van der Waals surface area contributed by atoms with Gasteiger partial charge in [0.1, 0.15) is 5.75 Å². The van der Waals surface area contributed by atoms with E-state index < -0.39 is 30.7 Å². The minimum Gasteiger partial charge on any atom is -0.434 e. The Bertz CT molecular complexity index is 882.